The van der Waals surface area contributed by atoms with Gasteiger partial charge in [0.15, 0.2) is 5.82 Å². The summed E-state index contributed by atoms with van der Waals surface area (Å²) in [6.45, 7) is 2.30. The molecule has 0 spiro atoms. The Hall–Kier alpha value is -2.31. The molecule has 1 heterocycles. The molecule has 1 saturated carbocycles. The van der Waals surface area contributed by atoms with Crippen LogP contribution in [0.1, 0.15) is 69.1 Å². The van der Waals surface area contributed by atoms with Gasteiger partial charge in [0.25, 0.3) is 0 Å². The second kappa shape index (κ2) is 9.26. The molecular formula is C21H27F2N3O2. The molecule has 0 saturated heterocycles. The first-order valence-electron chi connectivity index (χ1n) is 10.1. The molecule has 1 amide bonds. The number of carbonyl (C=O) groups excluding carboxylic acids is 1. The van der Waals surface area contributed by atoms with Crippen LogP contribution < -0.4 is 5.32 Å². The van der Waals surface area contributed by atoms with Gasteiger partial charge in [0.2, 0.25) is 11.8 Å². The predicted octanol–water partition coefficient (Wildman–Crippen LogP) is 4.25. The van der Waals surface area contributed by atoms with Crippen LogP contribution in [0.25, 0.3) is 0 Å². The van der Waals surface area contributed by atoms with Crippen LogP contribution in [-0.2, 0) is 23.1 Å². The molecule has 0 radical (unpaired) electrons. The summed E-state index contributed by atoms with van der Waals surface area (Å²) in [4.78, 5) is 16.6. The summed E-state index contributed by atoms with van der Waals surface area (Å²) in [5.74, 6) is 0.0381. The van der Waals surface area contributed by atoms with Crippen molar-refractivity contribution in [2.24, 2.45) is 0 Å². The third-order valence-electron chi connectivity index (χ3n) is 5.46. The van der Waals surface area contributed by atoms with Gasteiger partial charge in [-0.15, -0.1) is 0 Å². The lowest BCUT2D eigenvalue weighted by atomic mass is 9.78. The number of aryl methyl sites for hydroxylation is 2. The second-order valence-corrected chi connectivity index (χ2v) is 7.57. The Labute approximate surface area is 163 Å². The maximum absolute atomic E-state index is 14.3. The van der Waals surface area contributed by atoms with E-state index >= 15 is 0 Å². The van der Waals surface area contributed by atoms with Crippen LogP contribution in [0.15, 0.2) is 22.7 Å². The smallest absolute Gasteiger partial charge is 0.226 e. The van der Waals surface area contributed by atoms with Crippen molar-refractivity contribution < 1.29 is 18.1 Å². The standard InChI is InChI=1S/C21H27F2N3O2/c1-2-7-17-25-19(28-26-17)11-6-10-18(27)24-14-21(12-3-4-13-21)20-15(22)8-5-9-16(20)23/h5,8-9H,2-4,6-7,10-14H2,1H3,(H,24,27). The fourth-order valence-corrected chi connectivity index (χ4v) is 4.04. The fourth-order valence-electron chi connectivity index (χ4n) is 4.04. The molecule has 0 bridgehead atoms. The normalized spacial score (nSPS) is 15.7. The second-order valence-electron chi connectivity index (χ2n) is 7.57. The largest absolute Gasteiger partial charge is 0.355 e. The van der Waals surface area contributed by atoms with E-state index in [1.807, 2.05) is 6.92 Å². The number of carbonyl (C=O) groups is 1. The molecule has 5 nitrogen and oxygen atoms in total. The van der Waals surface area contributed by atoms with Gasteiger partial charge in [0, 0.05) is 36.8 Å². The molecule has 1 aliphatic rings. The molecule has 0 unspecified atom stereocenters. The first-order chi connectivity index (χ1) is 13.5. The van der Waals surface area contributed by atoms with E-state index in [0.29, 0.717) is 43.8 Å². The lowest BCUT2D eigenvalue weighted by Gasteiger charge is -2.30. The molecule has 1 aliphatic carbocycles. The lowest BCUT2D eigenvalue weighted by Crippen LogP contribution is -2.40. The molecule has 3 rings (SSSR count). The van der Waals surface area contributed by atoms with E-state index in [1.54, 1.807) is 0 Å². The van der Waals surface area contributed by atoms with Crippen LogP contribution >= 0.6 is 0 Å². The number of hydrogen-bond donors (Lipinski definition) is 1. The fraction of sp³-hybridized carbons (Fsp3) is 0.571. The average Bonchev–Trinajstić information content (AvgIpc) is 3.31. The molecule has 1 aromatic heterocycles. The third-order valence-corrected chi connectivity index (χ3v) is 5.46. The minimum absolute atomic E-state index is 0.113. The van der Waals surface area contributed by atoms with Crippen molar-refractivity contribution in [1.29, 1.82) is 0 Å². The summed E-state index contributed by atoms with van der Waals surface area (Å²) in [6, 6.07) is 3.95. The van der Waals surface area contributed by atoms with Gasteiger partial charge in [-0.2, -0.15) is 4.98 Å². The summed E-state index contributed by atoms with van der Waals surface area (Å²) in [5.41, 5.74) is -0.547. The summed E-state index contributed by atoms with van der Waals surface area (Å²) in [5, 5.41) is 6.79. The van der Waals surface area contributed by atoms with Crippen molar-refractivity contribution >= 4 is 5.91 Å². The van der Waals surface area contributed by atoms with E-state index in [9.17, 15) is 13.6 Å². The zero-order valence-corrected chi connectivity index (χ0v) is 16.3. The number of nitrogens with zero attached hydrogens (tertiary/aromatic N) is 2. The number of benzene rings is 1. The Balaban J connectivity index is 1.53. The van der Waals surface area contributed by atoms with Crippen LogP contribution in [0.4, 0.5) is 8.78 Å². The minimum atomic E-state index is -0.660. The Bertz CT molecular complexity index is 780. The Kier molecular flexibility index (Phi) is 6.75. The Morgan fingerprint density at radius 2 is 1.93 bits per heavy atom. The summed E-state index contributed by atoms with van der Waals surface area (Å²) >= 11 is 0. The minimum Gasteiger partial charge on any atom is -0.355 e. The predicted molar refractivity (Wildman–Crippen MR) is 101 cm³/mol. The van der Waals surface area contributed by atoms with Crippen LogP contribution in [0, 0.1) is 11.6 Å². The van der Waals surface area contributed by atoms with Crippen LogP contribution in [-0.4, -0.2) is 22.6 Å². The highest BCUT2D eigenvalue weighted by atomic mass is 19.1. The van der Waals surface area contributed by atoms with Gasteiger partial charge in [0.1, 0.15) is 11.6 Å². The summed E-state index contributed by atoms with van der Waals surface area (Å²) < 4.78 is 33.9. The molecule has 7 heteroatoms. The number of rotatable bonds is 9. The van der Waals surface area contributed by atoms with Crippen molar-refractivity contribution in [3.63, 3.8) is 0 Å². The lowest BCUT2D eigenvalue weighted by molar-refractivity contribution is -0.121. The molecular weight excluding hydrogens is 364 g/mol. The third kappa shape index (κ3) is 4.75. The highest BCUT2D eigenvalue weighted by molar-refractivity contribution is 5.76. The molecule has 1 fully saturated rings. The number of hydrogen-bond acceptors (Lipinski definition) is 4. The molecule has 1 aromatic carbocycles. The Morgan fingerprint density at radius 3 is 2.61 bits per heavy atom. The zero-order valence-electron chi connectivity index (χ0n) is 16.3. The average molecular weight is 391 g/mol. The monoisotopic (exact) mass is 391 g/mol. The maximum Gasteiger partial charge on any atom is 0.226 e. The van der Waals surface area contributed by atoms with Crippen LogP contribution in [0.3, 0.4) is 0 Å². The van der Waals surface area contributed by atoms with E-state index in [1.165, 1.54) is 18.2 Å². The van der Waals surface area contributed by atoms with E-state index in [-0.39, 0.29) is 18.0 Å². The van der Waals surface area contributed by atoms with Crippen LogP contribution in [0.2, 0.25) is 0 Å². The highest BCUT2D eigenvalue weighted by Gasteiger charge is 2.40. The van der Waals surface area contributed by atoms with E-state index in [0.717, 1.165) is 25.7 Å². The maximum atomic E-state index is 14.3. The topological polar surface area (TPSA) is 68.0 Å². The number of aromatic nitrogens is 2. The SMILES string of the molecule is CCCc1noc(CCCC(=O)NCC2(c3c(F)cccc3F)CCCC2)n1. The van der Waals surface area contributed by atoms with E-state index in [2.05, 4.69) is 15.5 Å². The van der Waals surface area contributed by atoms with Gasteiger partial charge >= 0.3 is 0 Å². The van der Waals surface area contributed by atoms with Crippen molar-refractivity contribution in [2.45, 2.75) is 70.1 Å². The van der Waals surface area contributed by atoms with Crippen molar-refractivity contribution in [1.82, 2.24) is 15.5 Å². The van der Waals surface area contributed by atoms with Gasteiger partial charge in [-0.3, -0.25) is 4.79 Å². The van der Waals surface area contributed by atoms with Gasteiger partial charge in [0.05, 0.1) is 0 Å². The molecule has 1 N–H and O–H groups in total. The molecule has 0 aliphatic heterocycles. The number of nitrogens with one attached hydrogen (secondary N) is 1. The number of amides is 1. The van der Waals surface area contributed by atoms with Gasteiger partial charge in [-0.25, -0.2) is 8.78 Å². The molecule has 28 heavy (non-hydrogen) atoms. The van der Waals surface area contributed by atoms with E-state index < -0.39 is 17.0 Å². The van der Waals surface area contributed by atoms with Crippen molar-refractivity contribution in [2.75, 3.05) is 6.54 Å². The summed E-state index contributed by atoms with van der Waals surface area (Å²) in [6.07, 6.45) is 6.31. The molecule has 2 aromatic rings. The number of halogens is 2. The first kappa shape index (κ1) is 20.4. The van der Waals surface area contributed by atoms with Crippen molar-refractivity contribution in [3.8, 4) is 0 Å². The Morgan fingerprint density at radius 1 is 1.21 bits per heavy atom. The van der Waals surface area contributed by atoms with Crippen molar-refractivity contribution in [3.05, 3.63) is 47.1 Å². The first-order valence-corrected chi connectivity index (χ1v) is 10.1. The molecule has 152 valence electrons. The zero-order chi connectivity index (χ0) is 20.0. The van der Waals surface area contributed by atoms with Gasteiger partial charge < -0.3 is 9.84 Å². The van der Waals surface area contributed by atoms with Crippen LogP contribution in [0.5, 0.6) is 0 Å². The highest BCUT2D eigenvalue weighted by Crippen LogP contribution is 2.42. The van der Waals surface area contributed by atoms with Gasteiger partial charge in [-0.05, 0) is 37.8 Å². The summed E-state index contributed by atoms with van der Waals surface area (Å²) in [7, 11) is 0. The van der Waals surface area contributed by atoms with Gasteiger partial charge in [-0.1, -0.05) is 31.0 Å². The quantitative estimate of drug-likeness (QED) is 0.694. The molecule has 0 atom stereocenters. The van der Waals surface area contributed by atoms with E-state index in [4.69, 9.17) is 4.52 Å².